The molecule has 1 saturated carbocycles. The van der Waals surface area contributed by atoms with Gasteiger partial charge in [-0.05, 0) is 25.0 Å². The van der Waals surface area contributed by atoms with Crippen molar-refractivity contribution in [3.8, 4) is 11.6 Å². The Morgan fingerprint density at radius 2 is 2.31 bits per heavy atom. The lowest BCUT2D eigenvalue weighted by molar-refractivity contribution is 0.344. The second-order valence-corrected chi connectivity index (χ2v) is 4.13. The number of rotatable bonds is 2. The van der Waals surface area contributed by atoms with Gasteiger partial charge in [-0.3, -0.25) is 0 Å². The molecule has 1 aliphatic rings. The number of hydrogen-bond donors (Lipinski definition) is 1. The maximum absolute atomic E-state index is 5.99. The molecule has 3 rings (SSSR count). The maximum atomic E-state index is 5.99. The Kier molecular flexibility index (Phi) is 2.25. The van der Waals surface area contributed by atoms with Crippen LogP contribution >= 0.6 is 0 Å². The largest absolute Gasteiger partial charge is 0.461 e. The Labute approximate surface area is 92.6 Å². The minimum Gasteiger partial charge on any atom is -0.461 e. The van der Waals surface area contributed by atoms with Crippen LogP contribution in [-0.4, -0.2) is 16.2 Å². The fourth-order valence-electron chi connectivity index (χ4n) is 2.19. The van der Waals surface area contributed by atoms with Crippen molar-refractivity contribution >= 4 is 0 Å². The lowest BCUT2D eigenvalue weighted by atomic mass is 10.1. The quantitative estimate of drug-likeness (QED) is 0.834. The molecule has 0 radical (unpaired) electrons. The zero-order valence-electron chi connectivity index (χ0n) is 8.80. The molecule has 2 heterocycles. The first-order chi connectivity index (χ1) is 7.84. The molecule has 0 aliphatic heterocycles. The van der Waals surface area contributed by atoms with Gasteiger partial charge in [0.05, 0.1) is 12.2 Å². The first-order valence-electron chi connectivity index (χ1n) is 5.47. The normalized spacial score (nSPS) is 25.1. The van der Waals surface area contributed by atoms with Gasteiger partial charge < -0.3 is 14.7 Å². The van der Waals surface area contributed by atoms with E-state index in [1.54, 1.807) is 12.3 Å². The standard InChI is InChI=1S/C11H13N3O2/c12-8-4-1-3-7(8)11-13-10(14-16-11)9-5-2-6-15-9/h2,5-8H,1,3-4,12H2/t7-,8+/m0/s1. The molecule has 0 saturated heterocycles. The summed E-state index contributed by atoms with van der Waals surface area (Å²) in [6.07, 6.45) is 4.78. The van der Waals surface area contributed by atoms with E-state index in [2.05, 4.69) is 10.1 Å². The van der Waals surface area contributed by atoms with Crippen LogP contribution in [0.1, 0.15) is 31.1 Å². The molecule has 0 unspecified atom stereocenters. The van der Waals surface area contributed by atoms with Crippen LogP contribution in [0.15, 0.2) is 27.3 Å². The van der Waals surface area contributed by atoms with E-state index in [0.717, 1.165) is 19.3 Å². The van der Waals surface area contributed by atoms with Crippen LogP contribution < -0.4 is 5.73 Å². The highest BCUT2D eigenvalue weighted by molar-refractivity contribution is 5.44. The van der Waals surface area contributed by atoms with Crippen LogP contribution in [0.2, 0.25) is 0 Å². The summed E-state index contributed by atoms with van der Waals surface area (Å²) in [5, 5.41) is 3.90. The van der Waals surface area contributed by atoms with Crippen molar-refractivity contribution in [2.45, 2.75) is 31.2 Å². The molecule has 0 bridgehead atoms. The van der Waals surface area contributed by atoms with Crippen molar-refractivity contribution in [1.82, 2.24) is 10.1 Å². The molecule has 84 valence electrons. The summed E-state index contributed by atoms with van der Waals surface area (Å²) < 4.78 is 10.4. The molecule has 5 nitrogen and oxygen atoms in total. The van der Waals surface area contributed by atoms with E-state index in [1.165, 1.54) is 0 Å². The first-order valence-corrected chi connectivity index (χ1v) is 5.47. The van der Waals surface area contributed by atoms with Crippen molar-refractivity contribution in [2.24, 2.45) is 5.73 Å². The van der Waals surface area contributed by atoms with Crippen molar-refractivity contribution in [1.29, 1.82) is 0 Å². The topological polar surface area (TPSA) is 78.1 Å². The number of hydrogen-bond acceptors (Lipinski definition) is 5. The molecule has 2 aromatic heterocycles. The van der Waals surface area contributed by atoms with Gasteiger partial charge in [0.1, 0.15) is 0 Å². The third kappa shape index (κ3) is 1.53. The highest BCUT2D eigenvalue weighted by Gasteiger charge is 2.30. The Balaban J connectivity index is 1.88. The molecule has 0 amide bonds. The minimum absolute atomic E-state index is 0.143. The van der Waals surface area contributed by atoms with E-state index in [1.807, 2.05) is 6.07 Å². The summed E-state index contributed by atoms with van der Waals surface area (Å²) in [5.74, 6) is 1.97. The second-order valence-electron chi connectivity index (χ2n) is 4.13. The fourth-order valence-corrected chi connectivity index (χ4v) is 2.19. The Hall–Kier alpha value is -1.62. The Morgan fingerprint density at radius 1 is 1.38 bits per heavy atom. The molecule has 2 aromatic rings. The number of aromatic nitrogens is 2. The minimum atomic E-state index is 0.143. The highest BCUT2D eigenvalue weighted by atomic mass is 16.5. The van der Waals surface area contributed by atoms with Crippen LogP contribution in [0.5, 0.6) is 0 Å². The predicted octanol–water partition coefficient (Wildman–Crippen LogP) is 1.92. The summed E-state index contributed by atoms with van der Waals surface area (Å²) in [6.45, 7) is 0. The van der Waals surface area contributed by atoms with Crippen molar-refractivity contribution in [3.05, 3.63) is 24.3 Å². The fraction of sp³-hybridized carbons (Fsp3) is 0.455. The lowest BCUT2D eigenvalue weighted by Gasteiger charge is -2.08. The van der Waals surface area contributed by atoms with E-state index in [-0.39, 0.29) is 12.0 Å². The molecule has 5 heteroatoms. The summed E-state index contributed by atoms with van der Waals surface area (Å²) in [7, 11) is 0. The SMILES string of the molecule is N[C@@H]1CCC[C@@H]1c1nc(-c2ccco2)no1. The van der Waals surface area contributed by atoms with Crippen molar-refractivity contribution < 1.29 is 8.94 Å². The van der Waals surface area contributed by atoms with Gasteiger partial charge >= 0.3 is 0 Å². The molecular formula is C11H13N3O2. The monoisotopic (exact) mass is 219 g/mol. The number of nitrogens with zero attached hydrogens (tertiary/aromatic N) is 2. The van der Waals surface area contributed by atoms with E-state index < -0.39 is 0 Å². The molecule has 16 heavy (non-hydrogen) atoms. The van der Waals surface area contributed by atoms with Gasteiger partial charge in [0.2, 0.25) is 11.7 Å². The molecule has 1 aliphatic carbocycles. The number of furan rings is 1. The third-order valence-corrected chi connectivity index (χ3v) is 3.07. The van der Waals surface area contributed by atoms with Crippen LogP contribution in [0.3, 0.4) is 0 Å². The van der Waals surface area contributed by atoms with Gasteiger partial charge in [-0.1, -0.05) is 11.6 Å². The van der Waals surface area contributed by atoms with Crippen molar-refractivity contribution in [3.63, 3.8) is 0 Å². The van der Waals surface area contributed by atoms with Crippen LogP contribution in [0.4, 0.5) is 0 Å². The van der Waals surface area contributed by atoms with Crippen LogP contribution in [0.25, 0.3) is 11.6 Å². The molecule has 1 fully saturated rings. The summed E-state index contributed by atoms with van der Waals surface area (Å²) in [5.41, 5.74) is 5.99. The van der Waals surface area contributed by atoms with E-state index >= 15 is 0 Å². The summed E-state index contributed by atoms with van der Waals surface area (Å²) in [6, 6.07) is 3.75. The molecule has 0 aromatic carbocycles. The lowest BCUT2D eigenvalue weighted by Crippen LogP contribution is -2.22. The first kappa shape index (κ1) is 9.59. The second kappa shape index (κ2) is 3.75. The maximum Gasteiger partial charge on any atom is 0.238 e. The zero-order valence-corrected chi connectivity index (χ0v) is 8.80. The van der Waals surface area contributed by atoms with Gasteiger partial charge in [0.25, 0.3) is 0 Å². The Bertz CT molecular complexity index is 463. The van der Waals surface area contributed by atoms with Crippen molar-refractivity contribution in [2.75, 3.05) is 0 Å². The summed E-state index contributed by atoms with van der Waals surface area (Å²) in [4.78, 5) is 4.33. The van der Waals surface area contributed by atoms with Gasteiger partial charge in [0.15, 0.2) is 5.76 Å². The molecule has 0 spiro atoms. The van der Waals surface area contributed by atoms with Gasteiger partial charge in [-0.15, -0.1) is 0 Å². The highest BCUT2D eigenvalue weighted by Crippen LogP contribution is 2.33. The van der Waals surface area contributed by atoms with Gasteiger partial charge in [-0.25, -0.2) is 0 Å². The van der Waals surface area contributed by atoms with E-state index in [9.17, 15) is 0 Å². The third-order valence-electron chi connectivity index (χ3n) is 3.07. The van der Waals surface area contributed by atoms with Crippen LogP contribution in [0, 0.1) is 0 Å². The van der Waals surface area contributed by atoms with Gasteiger partial charge in [0, 0.05) is 6.04 Å². The molecule has 2 N–H and O–H groups in total. The molecule has 2 atom stereocenters. The van der Waals surface area contributed by atoms with E-state index in [0.29, 0.717) is 17.5 Å². The summed E-state index contributed by atoms with van der Waals surface area (Å²) >= 11 is 0. The predicted molar refractivity (Wildman–Crippen MR) is 56.6 cm³/mol. The van der Waals surface area contributed by atoms with E-state index in [4.69, 9.17) is 14.7 Å². The average Bonchev–Trinajstić information content (AvgIpc) is 2.96. The smallest absolute Gasteiger partial charge is 0.238 e. The zero-order chi connectivity index (χ0) is 11.0. The average molecular weight is 219 g/mol. The Morgan fingerprint density at radius 3 is 3.00 bits per heavy atom. The number of nitrogens with two attached hydrogens (primary N) is 1. The molecular weight excluding hydrogens is 206 g/mol. The van der Waals surface area contributed by atoms with Gasteiger partial charge in [-0.2, -0.15) is 4.98 Å². The van der Waals surface area contributed by atoms with Crippen LogP contribution in [-0.2, 0) is 0 Å².